The molecule has 1 fully saturated rings. The number of thioether (sulfide) groups is 1. The van der Waals surface area contributed by atoms with E-state index in [9.17, 15) is 4.79 Å². The minimum absolute atomic E-state index is 0.145. The first kappa shape index (κ1) is 10.9. The molecule has 1 aliphatic rings. The fourth-order valence-corrected chi connectivity index (χ4v) is 2.03. The maximum atomic E-state index is 11.6. The number of amides is 1. The standard InChI is InChI=1S/C9H18N2OS/c1-13-7-4-8(10)9(12)11-5-2-3-6-11/h8H,2-7,10H2,1H3. The van der Waals surface area contributed by atoms with Gasteiger partial charge in [-0.05, 0) is 31.3 Å². The van der Waals surface area contributed by atoms with Crippen molar-refractivity contribution in [2.24, 2.45) is 5.73 Å². The van der Waals surface area contributed by atoms with Crippen molar-refractivity contribution in [3.63, 3.8) is 0 Å². The summed E-state index contributed by atoms with van der Waals surface area (Å²) in [6, 6.07) is -0.273. The van der Waals surface area contributed by atoms with E-state index >= 15 is 0 Å². The molecule has 0 aliphatic carbocycles. The SMILES string of the molecule is CSCCC(N)C(=O)N1CCCC1. The lowest BCUT2D eigenvalue weighted by atomic mass is 10.2. The van der Waals surface area contributed by atoms with Crippen LogP contribution in [0.25, 0.3) is 0 Å². The summed E-state index contributed by atoms with van der Waals surface area (Å²) in [6.07, 6.45) is 5.12. The number of nitrogens with two attached hydrogens (primary N) is 1. The molecule has 0 aromatic rings. The fourth-order valence-electron chi connectivity index (χ4n) is 1.54. The largest absolute Gasteiger partial charge is 0.341 e. The van der Waals surface area contributed by atoms with E-state index in [1.807, 2.05) is 11.2 Å². The number of hydrogen-bond donors (Lipinski definition) is 1. The lowest BCUT2D eigenvalue weighted by Gasteiger charge is -2.19. The van der Waals surface area contributed by atoms with Gasteiger partial charge in [0, 0.05) is 13.1 Å². The second-order valence-corrected chi connectivity index (χ2v) is 4.41. The van der Waals surface area contributed by atoms with Gasteiger partial charge in [0.05, 0.1) is 6.04 Å². The molecule has 1 aliphatic heterocycles. The Labute approximate surface area is 84.0 Å². The van der Waals surface area contributed by atoms with E-state index in [-0.39, 0.29) is 11.9 Å². The average molecular weight is 202 g/mol. The highest BCUT2D eigenvalue weighted by molar-refractivity contribution is 7.98. The lowest BCUT2D eigenvalue weighted by Crippen LogP contribution is -2.42. The number of carbonyl (C=O) groups is 1. The molecule has 1 saturated heterocycles. The third-order valence-electron chi connectivity index (χ3n) is 2.37. The zero-order chi connectivity index (χ0) is 9.68. The molecule has 1 rings (SSSR count). The molecule has 4 heteroatoms. The Kier molecular flexibility index (Phi) is 4.59. The molecule has 1 atom stereocenters. The van der Waals surface area contributed by atoms with Gasteiger partial charge in [-0.1, -0.05) is 0 Å². The summed E-state index contributed by atoms with van der Waals surface area (Å²) < 4.78 is 0. The summed E-state index contributed by atoms with van der Waals surface area (Å²) in [6.45, 7) is 1.82. The Hall–Kier alpha value is -0.220. The van der Waals surface area contributed by atoms with Gasteiger partial charge in [-0.25, -0.2) is 0 Å². The van der Waals surface area contributed by atoms with Crippen LogP contribution in [0.5, 0.6) is 0 Å². The van der Waals surface area contributed by atoms with Crippen LogP contribution in [0.4, 0.5) is 0 Å². The Balaban J connectivity index is 2.28. The normalized spacial score (nSPS) is 19.1. The number of nitrogens with zero attached hydrogens (tertiary/aromatic N) is 1. The van der Waals surface area contributed by atoms with Crippen LogP contribution in [-0.2, 0) is 4.79 Å². The smallest absolute Gasteiger partial charge is 0.239 e. The van der Waals surface area contributed by atoms with Gasteiger partial charge in [0.1, 0.15) is 0 Å². The molecule has 3 nitrogen and oxygen atoms in total. The van der Waals surface area contributed by atoms with Gasteiger partial charge in [0.2, 0.25) is 5.91 Å². The first-order chi connectivity index (χ1) is 6.25. The van der Waals surface area contributed by atoms with Crippen LogP contribution in [0, 0.1) is 0 Å². The molecule has 0 bridgehead atoms. The summed E-state index contributed by atoms with van der Waals surface area (Å²) in [5.74, 6) is 1.12. The van der Waals surface area contributed by atoms with Crippen LogP contribution in [0.1, 0.15) is 19.3 Å². The molecule has 76 valence electrons. The molecule has 1 amide bonds. The van der Waals surface area contributed by atoms with Gasteiger partial charge in [-0.3, -0.25) is 4.79 Å². The maximum absolute atomic E-state index is 11.6. The average Bonchev–Trinajstić information content (AvgIpc) is 2.65. The van der Waals surface area contributed by atoms with Crippen molar-refractivity contribution in [1.29, 1.82) is 0 Å². The zero-order valence-corrected chi connectivity index (χ0v) is 8.98. The highest BCUT2D eigenvalue weighted by atomic mass is 32.2. The van der Waals surface area contributed by atoms with E-state index in [1.54, 1.807) is 11.8 Å². The van der Waals surface area contributed by atoms with E-state index in [0.29, 0.717) is 0 Å². The van der Waals surface area contributed by atoms with Gasteiger partial charge >= 0.3 is 0 Å². The lowest BCUT2D eigenvalue weighted by molar-refractivity contribution is -0.131. The molecular weight excluding hydrogens is 184 g/mol. The molecule has 13 heavy (non-hydrogen) atoms. The minimum atomic E-state index is -0.273. The van der Waals surface area contributed by atoms with Gasteiger partial charge in [-0.15, -0.1) is 0 Å². The van der Waals surface area contributed by atoms with Gasteiger partial charge in [0.15, 0.2) is 0 Å². The summed E-state index contributed by atoms with van der Waals surface area (Å²) in [5, 5.41) is 0. The minimum Gasteiger partial charge on any atom is -0.341 e. The van der Waals surface area contributed by atoms with Crippen molar-refractivity contribution >= 4 is 17.7 Å². The van der Waals surface area contributed by atoms with Crippen LogP contribution in [0.15, 0.2) is 0 Å². The zero-order valence-electron chi connectivity index (χ0n) is 8.16. The summed E-state index contributed by atoms with van der Waals surface area (Å²) in [4.78, 5) is 13.5. The summed E-state index contributed by atoms with van der Waals surface area (Å²) in [5.41, 5.74) is 5.78. The predicted molar refractivity (Wildman–Crippen MR) is 56.8 cm³/mol. The van der Waals surface area contributed by atoms with E-state index in [2.05, 4.69) is 0 Å². The molecule has 0 aromatic carbocycles. The number of likely N-dealkylation sites (tertiary alicyclic amines) is 1. The van der Waals surface area contributed by atoms with Crippen molar-refractivity contribution < 1.29 is 4.79 Å². The molecule has 1 heterocycles. The van der Waals surface area contributed by atoms with E-state index < -0.39 is 0 Å². The number of carbonyl (C=O) groups excluding carboxylic acids is 1. The van der Waals surface area contributed by atoms with Crippen LogP contribution in [0.2, 0.25) is 0 Å². The topological polar surface area (TPSA) is 46.3 Å². The summed E-state index contributed by atoms with van der Waals surface area (Å²) in [7, 11) is 0. The Bertz CT molecular complexity index is 169. The first-order valence-electron chi connectivity index (χ1n) is 4.79. The van der Waals surface area contributed by atoms with Gasteiger partial charge < -0.3 is 10.6 Å². The molecule has 0 spiro atoms. The number of rotatable bonds is 4. The van der Waals surface area contributed by atoms with Crippen molar-refractivity contribution in [2.45, 2.75) is 25.3 Å². The van der Waals surface area contributed by atoms with Crippen LogP contribution in [-0.4, -0.2) is 41.9 Å². The second kappa shape index (κ2) is 5.50. The van der Waals surface area contributed by atoms with Crippen LogP contribution >= 0.6 is 11.8 Å². The highest BCUT2D eigenvalue weighted by Gasteiger charge is 2.22. The first-order valence-corrected chi connectivity index (χ1v) is 6.18. The monoisotopic (exact) mass is 202 g/mol. The quantitative estimate of drug-likeness (QED) is 0.729. The van der Waals surface area contributed by atoms with Crippen molar-refractivity contribution in [2.75, 3.05) is 25.1 Å². The maximum Gasteiger partial charge on any atom is 0.239 e. The third kappa shape index (κ3) is 3.19. The molecule has 2 N–H and O–H groups in total. The highest BCUT2D eigenvalue weighted by Crippen LogP contribution is 2.10. The van der Waals surface area contributed by atoms with Crippen molar-refractivity contribution in [3.8, 4) is 0 Å². The molecule has 0 aromatic heterocycles. The Morgan fingerprint density at radius 1 is 1.54 bits per heavy atom. The van der Waals surface area contributed by atoms with Crippen LogP contribution < -0.4 is 5.73 Å². The Morgan fingerprint density at radius 3 is 2.69 bits per heavy atom. The van der Waals surface area contributed by atoms with Crippen molar-refractivity contribution in [1.82, 2.24) is 4.90 Å². The molecule has 0 saturated carbocycles. The van der Waals surface area contributed by atoms with Crippen molar-refractivity contribution in [3.05, 3.63) is 0 Å². The van der Waals surface area contributed by atoms with Gasteiger partial charge in [-0.2, -0.15) is 11.8 Å². The van der Waals surface area contributed by atoms with Crippen LogP contribution in [0.3, 0.4) is 0 Å². The number of hydrogen-bond acceptors (Lipinski definition) is 3. The molecule has 0 radical (unpaired) electrons. The fraction of sp³-hybridized carbons (Fsp3) is 0.889. The Morgan fingerprint density at radius 2 is 2.15 bits per heavy atom. The van der Waals surface area contributed by atoms with E-state index in [4.69, 9.17) is 5.73 Å². The second-order valence-electron chi connectivity index (χ2n) is 3.42. The molecular formula is C9H18N2OS. The van der Waals surface area contributed by atoms with E-state index in [0.717, 1.165) is 38.1 Å². The van der Waals surface area contributed by atoms with Gasteiger partial charge in [0.25, 0.3) is 0 Å². The molecule has 1 unspecified atom stereocenters. The third-order valence-corrected chi connectivity index (χ3v) is 3.01. The predicted octanol–water partition coefficient (Wildman–Crippen LogP) is 0.689. The summed E-state index contributed by atoms with van der Waals surface area (Å²) >= 11 is 1.74. The van der Waals surface area contributed by atoms with E-state index in [1.165, 1.54) is 0 Å².